The van der Waals surface area contributed by atoms with E-state index in [4.69, 9.17) is 0 Å². The van der Waals surface area contributed by atoms with Crippen molar-refractivity contribution in [2.75, 3.05) is 13.6 Å². The molecule has 0 spiro atoms. The molecule has 0 radical (unpaired) electrons. The number of likely N-dealkylation sites (N-methyl/N-ethyl adjacent to an activating group) is 1. The Kier molecular flexibility index (Phi) is 3.52. The minimum atomic E-state index is -0.357. The van der Waals surface area contributed by atoms with Crippen LogP contribution in [0.1, 0.15) is 6.92 Å². The Morgan fingerprint density at radius 3 is 2.11 bits per heavy atom. The third-order valence-electron chi connectivity index (χ3n) is 1.12. The maximum absolute atomic E-state index is 10.7. The van der Waals surface area contributed by atoms with Crippen molar-refractivity contribution in [1.82, 2.24) is 4.90 Å². The number of amides is 1. The quantitative estimate of drug-likeness (QED) is 0.353. The van der Waals surface area contributed by atoms with E-state index in [0.29, 0.717) is 22.8 Å². The molecule has 0 aromatic carbocycles. The minimum absolute atomic E-state index is 0.264. The van der Waals surface area contributed by atoms with Crippen LogP contribution in [0.2, 0.25) is 0 Å². The van der Waals surface area contributed by atoms with Crippen molar-refractivity contribution in [3.8, 4) is 0 Å². The molecule has 0 atom stereocenters. The average Bonchev–Trinajstić information content (AvgIpc) is 1.84. The van der Waals surface area contributed by atoms with Crippen molar-refractivity contribution in [3.63, 3.8) is 0 Å². The lowest BCUT2D eigenvalue weighted by Crippen LogP contribution is -2.32. The normalized spacial score (nSPS) is 8.67. The van der Waals surface area contributed by atoms with Crippen LogP contribution in [0.4, 0.5) is 0 Å². The molecule has 3 nitrogen and oxygen atoms in total. The van der Waals surface area contributed by atoms with Crippen LogP contribution >= 0.6 is 0 Å². The summed E-state index contributed by atoms with van der Waals surface area (Å²) in [4.78, 5) is 22.5. The number of hydrogen-bond acceptors (Lipinski definition) is 2. The predicted octanol–water partition coefficient (Wildman–Crippen LogP) is -1.38. The van der Waals surface area contributed by atoms with Gasteiger partial charge in [0, 0.05) is 13.6 Å². The average molecular weight is 143 g/mol. The third-order valence-corrected chi connectivity index (χ3v) is 1.55. The lowest BCUT2D eigenvalue weighted by atomic mass is 10.5. The molecule has 0 N–H and O–H groups in total. The summed E-state index contributed by atoms with van der Waals surface area (Å²) in [6.07, 6.45) is 0. The van der Waals surface area contributed by atoms with Crippen LogP contribution in [0.5, 0.6) is 0 Å². The number of carbonyl (C=O) groups is 2. The molecule has 50 valence electrons. The van der Waals surface area contributed by atoms with Gasteiger partial charge in [0.2, 0.25) is 0 Å². The lowest BCUT2D eigenvalue weighted by Gasteiger charge is -2.11. The van der Waals surface area contributed by atoms with Gasteiger partial charge in [0.15, 0.2) is 0 Å². The van der Waals surface area contributed by atoms with Crippen LogP contribution < -0.4 is 0 Å². The summed E-state index contributed by atoms with van der Waals surface area (Å²) in [5, 5.41) is 0. The second-order valence-corrected chi connectivity index (χ2v) is 2.78. The molecule has 0 aromatic heterocycles. The molecular formula is C5H10AlNO2. The fraction of sp³-hybridized carbons (Fsp3) is 0.600. The van der Waals surface area contributed by atoms with Crippen LogP contribution in [0.25, 0.3) is 0 Å². The van der Waals surface area contributed by atoms with Crippen molar-refractivity contribution < 1.29 is 9.59 Å². The van der Waals surface area contributed by atoms with E-state index in [2.05, 4.69) is 0 Å². The van der Waals surface area contributed by atoms with E-state index in [-0.39, 0.29) is 10.6 Å². The Labute approximate surface area is 62.4 Å². The highest BCUT2D eigenvalue weighted by Gasteiger charge is 2.09. The summed E-state index contributed by atoms with van der Waals surface area (Å²) in [6, 6.07) is 0. The van der Waals surface area contributed by atoms with Gasteiger partial charge in [0.1, 0.15) is 4.65 Å². The molecule has 4 heteroatoms. The second-order valence-electron chi connectivity index (χ2n) is 1.88. The zero-order valence-corrected chi connectivity index (χ0v) is 7.97. The Bertz CT molecular complexity index is 135. The van der Waals surface area contributed by atoms with E-state index in [1.807, 2.05) is 6.92 Å². The molecule has 0 aliphatic carbocycles. The molecule has 0 aromatic rings. The summed E-state index contributed by atoms with van der Waals surface area (Å²) in [5.74, 6) is -0.357. The summed E-state index contributed by atoms with van der Waals surface area (Å²) >= 11 is 0.325. The maximum Gasteiger partial charge on any atom is 0.336 e. The van der Waals surface area contributed by atoms with E-state index in [1.54, 1.807) is 7.05 Å². The zero-order valence-electron chi connectivity index (χ0n) is 5.97. The molecule has 1 amide bonds. The molecule has 0 bridgehead atoms. The predicted molar refractivity (Wildman–Crippen MR) is 36.9 cm³/mol. The molecule has 9 heavy (non-hydrogen) atoms. The van der Waals surface area contributed by atoms with Crippen molar-refractivity contribution >= 4 is 26.8 Å². The van der Waals surface area contributed by atoms with Crippen molar-refractivity contribution in [1.29, 1.82) is 0 Å². The van der Waals surface area contributed by atoms with Crippen LogP contribution in [-0.2, 0) is 9.59 Å². The van der Waals surface area contributed by atoms with Gasteiger partial charge in [0.25, 0.3) is 5.91 Å². The largest absolute Gasteiger partial charge is 0.341 e. The highest BCUT2D eigenvalue weighted by molar-refractivity contribution is 6.76. The fourth-order valence-corrected chi connectivity index (χ4v) is 0.794. The van der Waals surface area contributed by atoms with Gasteiger partial charge >= 0.3 is 16.3 Å². The Hall–Kier alpha value is -0.328. The second kappa shape index (κ2) is 3.65. The van der Waals surface area contributed by atoms with Gasteiger partial charge in [-0.2, -0.15) is 0 Å². The van der Waals surface area contributed by atoms with E-state index in [9.17, 15) is 9.59 Å². The summed E-state index contributed by atoms with van der Waals surface area (Å²) in [5.41, 5.74) is 0. The van der Waals surface area contributed by atoms with Crippen molar-refractivity contribution in [2.24, 2.45) is 0 Å². The lowest BCUT2D eigenvalue weighted by molar-refractivity contribution is -0.139. The molecule has 0 fully saturated rings. The number of carbonyl (C=O) groups excluding carboxylic acids is 2. The molecule has 0 unspecified atom stereocenters. The highest BCUT2D eigenvalue weighted by atomic mass is 27.0. The van der Waals surface area contributed by atoms with Gasteiger partial charge in [-0.15, -0.1) is 0 Å². The van der Waals surface area contributed by atoms with Crippen LogP contribution in [0.15, 0.2) is 0 Å². The van der Waals surface area contributed by atoms with Crippen molar-refractivity contribution in [2.45, 2.75) is 6.92 Å². The van der Waals surface area contributed by atoms with E-state index in [0.717, 1.165) is 0 Å². The van der Waals surface area contributed by atoms with Gasteiger partial charge in [-0.25, -0.2) is 0 Å². The Morgan fingerprint density at radius 2 is 2.00 bits per heavy atom. The first-order valence-corrected chi connectivity index (χ1v) is 3.85. The molecular weight excluding hydrogens is 133 g/mol. The first-order valence-electron chi connectivity index (χ1n) is 2.85. The van der Waals surface area contributed by atoms with Gasteiger partial charge in [-0.1, -0.05) is 0 Å². The summed E-state index contributed by atoms with van der Waals surface area (Å²) in [6.45, 7) is 2.44. The fourth-order valence-electron chi connectivity index (χ4n) is 0.412. The van der Waals surface area contributed by atoms with Crippen LogP contribution in [0.3, 0.4) is 0 Å². The number of nitrogens with zero attached hydrogens (tertiary/aromatic N) is 1. The molecule has 0 heterocycles. The van der Waals surface area contributed by atoms with Gasteiger partial charge < -0.3 is 9.69 Å². The Balaban J connectivity index is 3.88. The van der Waals surface area contributed by atoms with Gasteiger partial charge in [-0.05, 0) is 6.92 Å². The number of hydrogen-bond donors (Lipinski definition) is 0. The molecule has 0 rings (SSSR count). The maximum atomic E-state index is 10.7. The number of rotatable bonds is 2. The van der Waals surface area contributed by atoms with E-state index in [1.165, 1.54) is 4.90 Å². The van der Waals surface area contributed by atoms with Crippen LogP contribution in [-0.4, -0.2) is 45.3 Å². The molecule has 0 aliphatic rings. The first kappa shape index (κ1) is 8.67. The minimum Gasteiger partial charge on any atom is -0.341 e. The van der Waals surface area contributed by atoms with Crippen LogP contribution in [0, 0.1) is 0 Å². The standard InChI is InChI=1S/C5H8NO2.Al.2H/c1-3-6(2)5(8)4-7;;;/h3H2,1-2H3;;;. The Morgan fingerprint density at radius 1 is 1.56 bits per heavy atom. The molecule has 0 aliphatic heterocycles. The first-order chi connectivity index (χ1) is 4.09. The van der Waals surface area contributed by atoms with E-state index >= 15 is 0 Å². The topological polar surface area (TPSA) is 37.4 Å². The molecule has 0 saturated heterocycles. The summed E-state index contributed by atoms with van der Waals surface area (Å²) < 4.78 is -0.264. The third kappa shape index (κ3) is 2.64. The van der Waals surface area contributed by atoms with Crippen molar-refractivity contribution in [3.05, 3.63) is 0 Å². The summed E-state index contributed by atoms with van der Waals surface area (Å²) in [7, 11) is 1.62. The van der Waals surface area contributed by atoms with Gasteiger partial charge in [-0.3, -0.25) is 4.79 Å². The van der Waals surface area contributed by atoms with Gasteiger partial charge in [0.05, 0.1) is 0 Å². The highest BCUT2D eigenvalue weighted by Crippen LogP contribution is 1.81. The smallest absolute Gasteiger partial charge is 0.336 e. The van der Waals surface area contributed by atoms with E-state index < -0.39 is 0 Å². The SMILES string of the molecule is CCN(C)C(=O)[C](=O)[AlH2]. The zero-order chi connectivity index (χ0) is 7.44. The molecule has 0 saturated carbocycles. The monoisotopic (exact) mass is 143 g/mol.